The van der Waals surface area contributed by atoms with E-state index in [1.165, 1.54) is 12.8 Å². The zero-order chi connectivity index (χ0) is 14.7. The fourth-order valence-corrected chi connectivity index (χ4v) is 3.65. The summed E-state index contributed by atoms with van der Waals surface area (Å²) in [6, 6.07) is 6.23. The number of fused-ring (bicyclic) bond motifs is 1. The Morgan fingerprint density at radius 3 is 2.71 bits per heavy atom. The zero-order valence-electron chi connectivity index (χ0n) is 12.3. The van der Waals surface area contributed by atoms with E-state index in [1.807, 2.05) is 25.1 Å². The van der Waals surface area contributed by atoms with Crippen LogP contribution < -0.4 is 14.8 Å². The lowest BCUT2D eigenvalue weighted by Crippen LogP contribution is -2.37. The molecule has 0 radical (unpaired) electrons. The maximum Gasteiger partial charge on any atom is 0.233 e. The summed E-state index contributed by atoms with van der Waals surface area (Å²) in [6.45, 7) is 3.13. The Morgan fingerprint density at radius 2 is 1.95 bits per heavy atom. The number of ether oxygens (including phenoxy) is 2. The number of hydrogen-bond acceptors (Lipinski definition) is 4. The van der Waals surface area contributed by atoms with Crippen LogP contribution in [0.25, 0.3) is 0 Å². The Kier molecular flexibility index (Phi) is 4.58. The summed E-state index contributed by atoms with van der Waals surface area (Å²) in [5.74, 6) is 1.69. The minimum absolute atomic E-state index is 0.104. The van der Waals surface area contributed by atoms with Crippen molar-refractivity contribution >= 4 is 17.7 Å². The van der Waals surface area contributed by atoms with Crippen LogP contribution in [0.2, 0.25) is 0 Å². The van der Waals surface area contributed by atoms with Crippen LogP contribution in [0, 0.1) is 0 Å². The molecule has 0 bridgehead atoms. The van der Waals surface area contributed by atoms with E-state index in [0.29, 0.717) is 19.3 Å². The topological polar surface area (TPSA) is 47.6 Å². The molecule has 1 aliphatic carbocycles. The van der Waals surface area contributed by atoms with Gasteiger partial charge in [-0.2, -0.15) is 0 Å². The van der Waals surface area contributed by atoms with Crippen LogP contribution in [-0.4, -0.2) is 30.4 Å². The molecule has 1 aromatic carbocycles. The molecule has 0 saturated heterocycles. The first-order chi connectivity index (χ1) is 10.2. The molecule has 5 heteroatoms. The van der Waals surface area contributed by atoms with Crippen molar-refractivity contribution in [3.05, 3.63) is 18.2 Å². The van der Waals surface area contributed by atoms with Gasteiger partial charge in [0.1, 0.15) is 13.2 Å². The van der Waals surface area contributed by atoms with E-state index in [1.54, 1.807) is 11.8 Å². The Balaban J connectivity index is 1.58. The molecule has 0 spiro atoms. The zero-order valence-corrected chi connectivity index (χ0v) is 13.1. The van der Waals surface area contributed by atoms with Crippen LogP contribution in [0.4, 0.5) is 0 Å². The summed E-state index contributed by atoms with van der Waals surface area (Å²) >= 11 is 1.56. The largest absolute Gasteiger partial charge is 0.486 e. The van der Waals surface area contributed by atoms with Crippen molar-refractivity contribution in [1.29, 1.82) is 0 Å². The molecule has 1 heterocycles. The monoisotopic (exact) mass is 307 g/mol. The fraction of sp³-hybridized carbons (Fsp3) is 0.562. The molecule has 1 N–H and O–H groups in total. The van der Waals surface area contributed by atoms with Gasteiger partial charge in [-0.05, 0) is 38.0 Å². The Labute approximate surface area is 129 Å². The molecule has 0 unspecified atom stereocenters. The lowest BCUT2D eigenvalue weighted by Gasteiger charge is -2.20. The summed E-state index contributed by atoms with van der Waals surface area (Å²) in [6.07, 6.45) is 4.70. The van der Waals surface area contributed by atoms with Crippen molar-refractivity contribution < 1.29 is 14.3 Å². The Hall–Kier alpha value is -1.36. The molecule has 1 atom stereocenters. The molecule has 1 fully saturated rings. The van der Waals surface area contributed by atoms with Crippen molar-refractivity contribution in [1.82, 2.24) is 5.32 Å². The first-order valence-corrected chi connectivity index (χ1v) is 8.47. The predicted octanol–water partition coefficient (Wildman–Crippen LogP) is 3.00. The van der Waals surface area contributed by atoms with Gasteiger partial charge >= 0.3 is 0 Å². The minimum atomic E-state index is -0.104. The number of hydrogen-bond donors (Lipinski definition) is 1. The molecule has 1 aliphatic heterocycles. The van der Waals surface area contributed by atoms with Crippen molar-refractivity contribution in [3.8, 4) is 11.5 Å². The summed E-state index contributed by atoms with van der Waals surface area (Å²) in [5, 5.41) is 3.04. The molecular weight excluding hydrogens is 286 g/mol. The second kappa shape index (κ2) is 6.60. The van der Waals surface area contributed by atoms with E-state index in [4.69, 9.17) is 9.47 Å². The number of amides is 1. The van der Waals surface area contributed by atoms with E-state index in [2.05, 4.69) is 5.32 Å². The fourth-order valence-electron chi connectivity index (χ4n) is 2.74. The van der Waals surface area contributed by atoms with Gasteiger partial charge in [-0.25, -0.2) is 0 Å². The molecule has 0 aromatic heterocycles. The van der Waals surface area contributed by atoms with Crippen molar-refractivity contribution in [2.45, 2.75) is 48.8 Å². The van der Waals surface area contributed by atoms with E-state index < -0.39 is 0 Å². The molecule has 21 heavy (non-hydrogen) atoms. The van der Waals surface area contributed by atoms with Gasteiger partial charge in [0.2, 0.25) is 5.91 Å². The van der Waals surface area contributed by atoms with Crippen LogP contribution in [0.5, 0.6) is 11.5 Å². The van der Waals surface area contributed by atoms with E-state index in [-0.39, 0.29) is 11.2 Å². The van der Waals surface area contributed by atoms with E-state index in [9.17, 15) is 4.79 Å². The highest BCUT2D eigenvalue weighted by atomic mass is 32.2. The van der Waals surface area contributed by atoms with Crippen molar-refractivity contribution in [2.75, 3.05) is 13.2 Å². The molecule has 1 amide bonds. The van der Waals surface area contributed by atoms with Crippen molar-refractivity contribution in [2.24, 2.45) is 0 Å². The molecule has 2 aliphatic rings. The molecule has 114 valence electrons. The average molecular weight is 307 g/mol. The number of carbonyl (C=O) groups is 1. The highest BCUT2D eigenvalue weighted by molar-refractivity contribution is 8.00. The first kappa shape index (κ1) is 14.6. The maximum absolute atomic E-state index is 12.2. The molecule has 1 aromatic rings. The SMILES string of the molecule is C[C@@H](Sc1ccc2c(c1)OCCO2)C(=O)NC1CCCC1. The maximum atomic E-state index is 12.2. The third kappa shape index (κ3) is 3.64. The molecule has 1 saturated carbocycles. The van der Waals surface area contributed by atoms with Gasteiger partial charge in [-0.15, -0.1) is 11.8 Å². The van der Waals surface area contributed by atoms with Crippen LogP contribution >= 0.6 is 11.8 Å². The van der Waals surface area contributed by atoms with Crippen LogP contribution in [0.15, 0.2) is 23.1 Å². The van der Waals surface area contributed by atoms with Gasteiger partial charge in [0.25, 0.3) is 0 Å². The van der Waals surface area contributed by atoms with Gasteiger partial charge in [0.05, 0.1) is 5.25 Å². The smallest absolute Gasteiger partial charge is 0.233 e. The van der Waals surface area contributed by atoms with E-state index in [0.717, 1.165) is 29.2 Å². The Morgan fingerprint density at radius 1 is 1.24 bits per heavy atom. The third-order valence-electron chi connectivity index (χ3n) is 3.90. The second-order valence-electron chi connectivity index (χ2n) is 5.56. The lowest BCUT2D eigenvalue weighted by atomic mass is 10.2. The molecule has 3 rings (SSSR count). The Bertz CT molecular complexity index is 514. The number of thioether (sulfide) groups is 1. The molecular formula is C16H21NO3S. The summed E-state index contributed by atoms with van der Waals surface area (Å²) < 4.78 is 11.1. The predicted molar refractivity (Wildman–Crippen MR) is 83.1 cm³/mol. The third-order valence-corrected chi connectivity index (χ3v) is 4.99. The normalized spacial score (nSPS) is 19.3. The lowest BCUT2D eigenvalue weighted by molar-refractivity contribution is -0.120. The quantitative estimate of drug-likeness (QED) is 0.869. The number of nitrogens with one attached hydrogen (secondary N) is 1. The highest BCUT2D eigenvalue weighted by Gasteiger charge is 2.22. The van der Waals surface area contributed by atoms with Gasteiger partial charge in [0, 0.05) is 10.9 Å². The summed E-state index contributed by atoms with van der Waals surface area (Å²) in [5.41, 5.74) is 0. The number of benzene rings is 1. The van der Waals surface area contributed by atoms with Gasteiger partial charge in [0.15, 0.2) is 11.5 Å². The van der Waals surface area contributed by atoms with E-state index >= 15 is 0 Å². The summed E-state index contributed by atoms with van der Waals surface area (Å²) in [7, 11) is 0. The van der Waals surface area contributed by atoms with Gasteiger partial charge in [-0.1, -0.05) is 12.8 Å². The van der Waals surface area contributed by atoms with Crippen LogP contribution in [0.1, 0.15) is 32.6 Å². The minimum Gasteiger partial charge on any atom is -0.486 e. The van der Waals surface area contributed by atoms with Gasteiger partial charge in [-0.3, -0.25) is 4.79 Å². The highest BCUT2D eigenvalue weighted by Crippen LogP contribution is 2.35. The van der Waals surface area contributed by atoms with Gasteiger partial charge < -0.3 is 14.8 Å². The van der Waals surface area contributed by atoms with Crippen LogP contribution in [0.3, 0.4) is 0 Å². The van der Waals surface area contributed by atoms with Crippen molar-refractivity contribution in [3.63, 3.8) is 0 Å². The standard InChI is InChI=1S/C16H21NO3S/c1-11(16(18)17-12-4-2-3-5-12)21-13-6-7-14-15(10-13)20-9-8-19-14/h6-7,10-12H,2-5,8-9H2,1H3,(H,17,18)/t11-/m1/s1. The molecule has 4 nitrogen and oxygen atoms in total. The summed E-state index contributed by atoms with van der Waals surface area (Å²) in [4.78, 5) is 13.2. The average Bonchev–Trinajstić information content (AvgIpc) is 3.00. The van der Waals surface area contributed by atoms with Crippen LogP contribution in [-0.2, 0) is 4.79 Å². The second-order valence-corrected chi connectivity index (χ2v) is 6.97. The first-order valence-electron chi connectivity index (χ1n) is 7.59. The number of carbonyl (C=O) groups excluding carboxylic acids is 1. The number of rotatable bonds is 4.